The van der Waals surface area contributed by atoms with Crippen LogP contribution < -0.4 is 0 Å². The van der Waals surface area contributed by atoms with Gasteiger partial charge in [-0.05, 0) is 35.4 Å². The lowest BCUT2D eigenvalue weighted by Crippen LogP contribution is -2.16. The van der Waals surface area contributed by atoms with Crippen molar-refractivity contribution in [1.29, 1.82) is 0 Å². The van der Waals surface area contributed by atoms with Crippen molar-refractivity contribution < 1.29 is 13.6 Å². The minimum atomic E-state index is -0.277. The van der Waals surface area contributed by atoms with Crippen LogP contribution in [0.2, 0.25) is 0 Å². The molecule has 0 N–H and O–H groups in total. The molecule has 1 heterocycles. The molecule has 108 valence electrons. The molecule has 0 aromatic heterocycles. The molecule has 1 saturated heterocycles. The molecule has 0 saturated carbocycles. The van der Waals surface area contributed by atoms with E-state index in [9.17, 15) is 13.6 Å². The number of hydrogen-bond acceptors (Lipinski definition) is 2. The summed E-state index contributed by atoms with van der Waals surface area (Å²) >= 11 is 1.69. The molecule has 0 radical (unpaired) electrons. The van der Waals surface area contributed by atoms with Crippen molar-refractivity contribution in [3.05, 3.63) is 71.3 Å². The third kappa shape index (κ3) is 3.32. The first kappa shape index (κ1) is 14.3. The minimum Gasteiger partial charge on any atom is -0.300 e. The summed E-state index contributed by atoms with van der Waals surface area (Å²) in [7, 11) is 0. The van der Waals surface area contributed by atoms with Crippen molar-refractivity contribution >= 4 is 17.5 Å². The Balaban J connectivity index is 1.82. The zero-order chi connectivity index (χ0) is 14.8. The third-order valence-electron chi connectivity index (χ3n) is 3.64. The van der Waals surface area contributed by atoms with Crippen LogP contribution in [0, 0.1) is 11.6 Å². The average molecular weight is 304 g/mol. The van der Waals surface area contributed by atoms with Crippen LogP contribution in [0.3, 0.4) is 0 Å². The van der Waals surface area contributed by atoms with Gasteiger partial charge in [-0.3, -0.25) is 4.79 Å². The molecule has 2 aromatic rings. The average Bonchev–Trinajstić information content (AvgIpc) is 2.48. The van der Waals surface area contributed by atoms with Gasteiger partial charge in [0.1, 0.15) is 17.4 Å². The fraction of sp³-hybridized carbons (Fsp3) is 0.235. The number of thioether (sulfide) groups is 1. The maximum Gasteiger partial charge on any atom is 0.135 e. The van der Waals surface area contributed by atoms with E-state index >= 15 is 0 Å². The van der Waals surface area contributed by atoms with Gasteiger partial charge in [0.25, 0.3) is 0 Å². The zero-order valence-corrected chi connectivity index (χ0v) is 12.1. The lowest BCUT2D eigenvalue weighted by Gasteiger charge is -2.28. The van der Waals surface area contributed by atoms with Gasteiger partial charge >= 0.3 is 0 Å². The molecule has 2 aromatic carbocycles. The molecule has 0 bridgehead atoms. The highest BCUT2D eigenvalue weighted by molar-refractivity contribution is 7.99. The second-order valence-corrected chi connectivity index (χ2v) is 6.57. The van der Waals surface area contributed by atoms with Gasteiger partial charge in [-0.25, -0.2) is 8.78 Å². The number of halogens is 2. The standard InChI is InChI=1S/C17H14F2OS/c18-13-5-1-11(2-6-13)16-9-15(20)10-17(21-16)12-3-7-14(19)8-4-12/h1-8,16-17H,9-10H2/t16-,17-/m0/s1. The van der Waals surface area contributed by atoms with E-state index in [0.29, 0.717) is 12.8 Å². The van der Waals surface area contributed by atoms with Crippen molar-refractivity contribution in [2.45, 2.75) is 23.3 Å². The Morgan fingerprint density at radius 1 is 0.762 bits per heavy atom. The Kier molecular flexibility index (Phi) is 4.06. The van der Waals surface area contributed by atoms with Crippen LogP contribution >= 0.6 is 11.8 Å². The number of benzene rings is 2. The van der Waals surface area contributed by atoms with Crippen molar-refractivity contribution in [2.75, 3.05) is 0 Å². The number of hydrogen-bond donors (Lipinski definition) is 0. The summed E-state index contributed by atoms with van der Waals surface area (Å²) < 4.78 is 26.0. The Bertz CT molecular complexity index is 581. The van der Waals surface area contributed by atoms with Gasteiger partial charge < -0.3 is 0 Å². The van der Waals surface area contributed by atoms with Gasteiger partial charge in [0, 0.05) is 23.3 Å². The number of Topliss-reactive ketones (excluding diaryl/α,β-unsaturated/α-hetero) is 1. The lowest BCUT2D eigenvalue weighted by molar-refractivity contribution is -0.119. The van der Waals surface area contributed by atoms with Crippen molar-refractivity contribution in [2.24, 2.45) is 0 Å². The van der Waals surface area contributed by atoms with E-state index in [-0.39, 0.29) is 27.9 Å². The van der Waals surface area contributed by atoms with Crippen molar-refractivity contribution in [3.8, 4) is 0 Å². The van der Waals surface area contributed by atoms with Gasteiger partial charge in [0.05, 0.1) is 0 Å². The Labute approximate surface area is 126 Å². The molecule has 4 heteroatoms. The number of carbonyl (C=O) groups is 1. The van der Waals surface area contributed by atoms with E-state index in [1.165, 1.54) is 24.3 Å². The lowest BCUT2D eigenvalue weighted by atomic mass is 10.0. The monoisotopic (exact) mass is 304 g/mol. The van der Waals surface area contributed by atoms with Crippen molar-refractivity contribution in [3.63, 3.8) is 0 Å². The highest BCUT2D eigenvalue weighted by Crippen LogP contribution is 2.48. The van der Waals surface area contributed by atoms with Crippen molar-refractivity contribution in [1.82, 2.24) is 0 Å². The first-order valence-corrected chi connectivity index (χ1v) is 7.74. The van der Waals surface area contributed by atoms with Crippen LogP contribution in [0.1, 0.15) is 34.5 Å². The van der Waals surface area contributed by atoms with Gasteiger partial charge in [0.15, 0.2) is 0 Å². The summed E-state index contributed by atoms with van der Waals surface area (Å²) in [5, 5.41) is 0.0591. The van der Waals surface area contributed by atoms with Crippen LogP contribution in [0.15, 0.2) is 48.5 Å². The second-order valence-electron chi connectivity index (χ2n) is 5.16. The van der Waals surface area contributed by atoms with E-state index < -0.39 is 0 Å². The van der Waals surface area contributed by atoms with Gasteiger partial charge in [-0.1, -0.05) is 24.3 Å². The van der Waals surface area contributed by atoms with Crippen LogP contribution in [0.5, 0.6) is 0 Å². The molecule has 1 fully saturated rings. The van der Waals surface area contributed by atoms with Gasteiger partial charge in [0.2, 0.25) is 0 Å². The first-order valence-electron chi connectivity index (χ1n) is 6.80. The quantitative estimate of drug-likeness (QED) is 0.789. The molecule has 2 atom stereocenters. The fourth-order valence-corrected chi connectivity index (χ4v) is 4.13. The molecular formula is C17H14F2OS. The smallest absolute Gasteiger partial charge is 0.135 e. The van der Waals surface area contributed by atoms with E-state index in [2.05, 4.69) is 0 Å². The highest BCUT2D eigenvalue weighted by Gasteiger charge is 2.29. The SMILES string of the molecule is O=C1C[C@@H](c2ccc(F)cc2)S[C@H](c2ccc(F)cc2)C1. The van der Waals surface area contributed by atoms with Crippen LogP contribution in [-0.2, 0) is 4.79 Å². The Morgan fingerprint density at radius 3 is 1.52 bits per heavy atom. The maximum atomic E-state index is 13.0. The molecule has 0 amide bonds. The number of carbonyl (C=O) groups excluding carboxylic acids is 1. The molecule has 21 heavy (non-hydrogen) atoms. The molecule has 1 nitrogen and oxygen atoms in total. The summed E-state index contributed by atoms with van der Waals surface area (Å²) in [5.74, 6) is -0.362. The van der Waals surface area contributed by atoms with Crippen LogP contribution in [-0.4, -0.2) is 5.78 Å². The van der Waals surface area contributed by atoms with Gasteiger partial charge in [-0.15, -0.1) is 11.8 Å². The zero-order valence-electron chi connectivity index (χ0n) is 11.3. The van der Waals surface area contributed by atoms with Crippen LogP contribution in [0.25, 0.3) is 0 Å². The number of ketones is 1. The van der Waals surface area contributed by atoms with E-state index in [4.69, 9.17) is 0 Å². The molecule has 3 rings (SSSR count). The third-order valence-corrected chi connectivity index (χ3v) is 5.17. The summed E-state index contributed by atoms with van der Waals surface area (Å²) in [5.41, 5.74) is 1.92. The molecule has 1 aliphatic heterocycles. The normalized spacial score (nSPS) is 22.3. The van der Waals surface area contributed by atoms with Gasteiger partial charge in [-0.2, -0.15) is 0 Å². The summed E-state index contributed by atoms with van der Waals surface area (Å²) in [6, 6.07) is 12.6. The molecule has 0 aliphatic carbocycles. The minimum absolute atomic E-state index is 0.0295. The fourth-order valence-electron chi connectivity index (χ4n) is 2.54. The number of rotatable bonds is 2. The second kappa shape index (κ2) is 5.98. The van der Waals surface area contributed by atoms with Crippen LogP contribution in [0.4, 0.5) is 8.78 Å². The Morgan fingerprint density at radius 2 is 1.14 bits per heavy atom. The summed E-state index contributed by atoms with van der Waals surface area (Å²) in [6.07, 6.45) is 0.933. The predicted molar refractivity (Wildman–Crippen MR) is 80.1 cm³/mol. The first-order chi connectivity index (χ1) is 10.1. The van der Waals surface area contributed by atoms with E-state index in [0.717, 1.165) is 11.1 Å². The Hall–Kier alpha value is -1.68. The predicted octanol–water partition coefficient (Wildman–Crippen LogP) is 4.84. The topological polar surface area (TPSA) is 17.1 Å². The molecule has 0 unspecified atom stereocenters. The molecule has 1 aliphatic rings. The largest absolute Gasteiger partial charge is 0.300 e. The highest BCUT2D eigenvalue weighted by atomic mass is 32.2. The molecular weight excluding hydrogens is 290 g/mol. The molecule has 0 spiro atoms. The summed E-state index contributed by atoms with van der Waals surface area (Å²) in [4.78, 5) is 12.0. The van der Waals surface area contributed by atoms with E-state index in [1.807, 2.05) is 0 Å². The summed E-state index contributed by atoms with van der Waals surface area (Å²) in [6.45, 7) is 0. The maximum absolute atomic E-state index is 13.0. The van der Waals surface area contributed by atoms with E-state index in [1.54, 1.807) is 36.0 Å².